The summed E-state index contributed by atoms with van der Waals surface area (Å²) in [7, 11) is 1.37. The van der Waals surface area contributed by atoms with E-state index in [1.807, 2.05) is 55.5 Å². The Hall–Kier alpha value is -3.34. The summed E-state index contributed by atoms with van der Waals surface area (Å²) < 4.78 is 6.69. The van der Waals surface area contributed by atoms with Crippen LogP contribution in [-0.2, 0) is 4.74 Å². The number of methoxy groups -OCH3 is 1. The maximum Gasteiger partial charge on any atom is 0.340 e. The van der Waals surface area contributed by atoms with Gasteiger partial charge in [-0.1, -0.05) is 48.5 Å². The zero-order valence-electron chi connectivity index (χ0n) is 14.0. The molecule has 0 saturated carbocycles. The molecule has 2 N–H and O–H groups in total. The van der Waals surface area contributed by atoms with Crippen LogP contribution < -0.4 is 5.73 Å². The summed E-state index contributed by atoms with van der Waals surface area (Å²) in [5, 5.41) is 1.65. The molecule has 25 heavy (non-hydrogen) atoms. The van der Waals surface area contributed by atoms with Crippen LogP contribution in [0.15, 0.2) is 54.7 Å². The molecule has 0 spiro atoms. The number of fused-ring (bicyclic) bond motifs is 3. The first-order valence-corrected chi connectivity index (χ1v) is 7.95. The molecular formula is C20H17N3O2. The second kappa shape index (κ2) is 5.63. The summed E-state index contributed by atoms with van der Waals surface area (Å²) in [6.45, 7) is 2.02. The van der Waals surface area contributed by atoms with Crippen LogP contribution in [0.5, 0.6) is 0 Å². The lowest BCUT2D eigenvalue weighted by atomic mass is 10.1. The van der Waals surface area contributed by atoms with Gasteiger partial charge in [0.2, 0.25) is 0 Å². The fourth-order valence-electron chi connectivity index (χ4n) is 3.19. The average molecular weight is 331 g/mol. The van der Waals surface area contributed by atoms with Gasteiger partial charge in [-0.25, -0.2) is 9.78 Å². The average Bonchev–Trinajstić information content (AvgIpc) is 2.97. The summed E-state index contributed by atoms with van der Waals surface area (Å²) in [6, 6.07) is 15.6. The monoisotopic (exact) mass is 331 g/mol. The highest BCUT2D eigenvalue weighted by atomic mass is 16.5. The Labute approximate surface area is 144 Å². The highest BCUT2D eigenvalue weighted by Gasteiger charge is 2.19. The zero-order valence-corrected chi connectivity index (χ0v) is 14.0. The topological polar surface area (TPSA) is 69.6 Å². The highest BCUT2D eigenvalue weighted by Crippen LogP contribution is 2.33. The number of rotatable bonds is 2. The third-order valence-electron chi connectivity index (χ3n) is 4.47. The molecule has 5 nitrogen and oxygen atoms in total. The molecule has 0 aliphatic rings. The molecule has 0 saturated heterocycles. The van der Waals surface area contributed by atoms with Gasteiger partial charge < -0.3 is 10.5 Å². The van der Waals surface area contributed by atoms with Gasteiger partial charge in [0.05, 0.1) is 12.7 Å². The lowest BCUT2D eigenvalue weighted by Crippen LogP contribution is -2.05. The van der Waals surface area contributed by atoms with Crippen molar-refractivity contribution >= 4 is 28.2 Å². The van der Waals surface area contributed by atoms with Crippen LogP contribution in [0.25, 0.3) is 27.7 Å². The third kappa shape index (κ3) is 2.24. The molecule has 0 radical (unpaired) electrons. The molecule has 0 bridgehead atoms. The molecule has 4 aromatic rings. The fourth-order valence-corrected chi connectivity index (χ4v) is 3.19. The number of aromatic nitrogens is 2. The Bertz CT molecular complexity index is 1130. The molecule has 2 aromatic heterocycles. The minimum atomic E-state index is -0.399. The molecular weight excluding hydrogens is 314 g/mol. The number of nitrogen functional groups attached to an aromatic ring is 1. The van der Waals surface area contributed by atoms with E-state index in [1.54, 1.807) is 10.6 Å². The first-order chi connectivity index (χ1) is 12.1. The Balaban J connectivity index is 2.12. The number of carbonyl (C=O) groups is 1. The molecule has 0 amide bonds. The number of hydrogen-bond acceptors (Lipinski definition) is 4. The van der Waals surface area contributed by atoms with Crippen LogP contribution >= 0.6 is 0 Å². The number of anilines is 1. The van der Waals surface area contributed by atoms with Crippen LogP contribution in [0.2, 0.25) is 0 Å². The van der Waals surface area contributed by atoms with Gasteiger partial charge in [-0.15, -0.1) is 0 Å². The normalized spacial score (nSPS) is 11.1. The van der Waals surface area contributed by atoms with Gasteiger partial charge in [0.25, 0.3) is 0 Å². The SMILES string of the molecule is COC(=O)c1cn2c(N)c(-c3ccccc3C)nc2c2ccccc12. The quantitative estimate of drug-likeness (QED) is 0.567. The number of imidazole rings is 1. The number of esters is 1. The molecule has 2 heterocycles. The Morgan fingerprint density at radius 3 is 2.48 bits per heavy atom. The molecule has 124 valence electrons. The van der Waals surface area contributed by atoms with E-state index in [9.17, 15) is 4.79 Å². The number of nitrogens with zero attached hydrogens (tertiary/aromatic N) is 2. The minimum absolute atomic E-state index is 0.399. The highest BCUT2D eigenvalue weighted by molar-refractivity contribution is 6.09. The summed E-state index contributed by atoms with van der Waals surface area (Å²) in [6.07, 6.45) is 1.70. The van der Waals surface area contributed by atoms with Crippen molar-refractivity contribution in [1.82, 2.24) is 9.38 Å². The van der Waals surface area contributed by atoms with Gasteiger partial charge in [-0.05, 0) is 12.5 Å². The smallest absolute Gasteiger partial charge is 0.340 e. The van der Waals surface area contributed by atoms with E-state index in [0.717, 1.165) is 27.5 Å². The molecule has 0 unspecified atom stereocenters. The van der Waals surface area contributed by atoms with Crippen molar-refractivity contribution in [2.24, 2.45) is 0 Å². The van der Waals surface area contributed by atoms with Crippen molar-refractivity contribution in [3.05, 3.63) is 65.9 Å². The Morgan fingerprint density at radius 1 is 1.08 bits per heavy atom. The van der Waals surface area contributed by atoms with Crippen LogP contribution in [-0.4, -0.2) is 22.5 Å². The zero-order chi connectivity index (χ0) is 17.6. The lowest BCUT2D eigenvalue weighted by molar-refractivity contribution is 0.0602. The third-order valence-corrected chi connectivity index (χ3v) is 4.47. The Kier molecular flexibility index (Phi) is 3.42. The van der Waals surface area contributed by atoms with Crippen molar-refractivity contribution in [3.8, 4) is 11.3 Å². The maximum atomic E-state index is 12.2. The summed E-state index contributed by atoms with van der Waals surface area (Å²) >= 11 is 0. The van der Waals surface area contributed by atoms with Crippen molar-refractivity contribution in [2.75, 3.05) is 12.8 Å². The number of nitrogens with two attached hydrogens (primary N) is 1. The molecule has 0 atom stereocenters. The summed E-state index contributed by atoms with van der Waals surface area (Å²) in [5.41, 5.74) is 10.4. The predicted molar refractivity (Wildman–Crippen MR) is 98.6 cm³/mol. The van der Waals surface area contributed by atoms with E-state index in [4.69, 9.17) is 15.5 Å². The number of carbonyl (C=O) groups excluding carboxylic acids is 1. The van der Waals surface area contributed by atoms with Crippen LogP contribution in [0.4, 0.5) is 5.82 Å². The van der Waals surface area contributed by atoms with Gasteiger partial charge in [-0.2, -0.15) is 0 Å². The minimum Gasteiger partial charge on any atom is -0.465 e. The van der Waals surface area contributed by atoms with Crippen molar-refractivity contribution in [3.63, 3.8) is 0 Å². The molecule has 5 heteroatoms. The van der Waals surface area contributed by atoms with Gasteiger partial charge in [0.1, 0.15) is 17.2 Å². The predicted octanol–water partition coefficient (Wildman–Crippen LogP) is 3.83. The molecule has 4 rings (SSSR count). The van der Waals surface area contributed by atoms with Gasteiger partial charge in [0.15, 0.2) is 0 Å². The number of pyridine rings is 1. The van der Waals surface area contributed by atoms with Crippen LogP contribution in [0.1, 0.15) is 15.9 Å². The molecule has 0 aliphatic heterocycles. The first-order valence-electron chi connectivity index (χ1n) is 7.95. The maximum absolute atomic E-state index is 12.2. The summed E-state index contributed by atoms with van der Waals surface area (Å²) in [4.78, 5) is 17.0. The van der Waals surface area contributed by atoms with E-state index in [2.05, 4.69) is 0 Å². The second-order valence-electron chi connectivity index (χ2n) is 5.93. The van der Waals surface area contributed by atoms with Crippen LogP contribution in [0.3, 0.4) is 0 Å². The van der Waals surface area contributed by atoms with E-state index in [1.165, 1.54) is 7.11 Å². The van der Waals surface area contributed by atoms with Crippen LogP contribution in [0, 0.1) is 6.92 Å². The largest absolute Gasteiger partial charge is 0.465 e. The Morgan fingerprint density at radius 2 is 1.76 bits per heavy atom. The standard InChI is InChI=1S/C20H17N3O2/c1-12-7-3-4-8-13(12)17-18(21)23-11-16(20(24)25-2)14-9-5-6-10-15(14)19(23)22-17/h3-11H,21H2,1-2H3. The van der Waals surface area contributed by atoms with Gasteiger partial charge >= 0.3 is 5.97 Å². The lowest BCUT2D eigenvalue weighted by Gasteiger charge is -2.07. The molecule has 0 fully saturated rings. The van der Waals surface area contributed by atoms with E-state index < -0.39 is 5.97 Å². The number of aryl methyl sites for hydroxylation is 1. The number of benzene rings is 2. The van der Waals surface area contributed by atoms with Gasteiger partial charge in [0, 0.05) is 22.5 Å². The van der Waals surface area contributed by atoms with E-state index >= 15 is 0 Å². The summed E-state index contributed by atoms with van der Waals surface area (Å²) in [5.74, 6) is 0.101. The van der Waals surface area contributed by atoms with Crippen molar-refractivity contribution in [2.45, 2.75) is 6.92 Å². The van der Waals surface area contributed by atoms with Gasteiger partial charge in [-0.3, -0.25) is 4.40 Å². The van der Waals surface area contributed by atoms with E-state index in [0.29, 0.717) is 17.1 Å². The first kappa shape index (κ1) is 15.2. The number of ether oxygens (including phenoxy) is 1. The molecule has 0 aliphatic carbocycles. The van der Waals surface area contributed by atoms with Crippen molar-refractivity contribution in [1.29, 1.82) is 0 Å². The second-order valence-corrected chi connectivity index (χ2v) is 5.93. The number of hydrogen-bond donors (Lipinski definition) is 1. The fraction of sp³-hybridized carbons (Fsp3) is 0.100. The van der Waals surface area contributed by atoms with Crippen molar-refractivity contribution < 1.29 is 9.53 Å². The van der Waals surface area contributed by atoms with E-state index in [-0.39, 0.29) is 0 Å². The molecule has 2 aromatic carbocycles.